The summed E-state index contributed by atoms with van der Waals surface area (Å²) in [4.78, 5) is 12.4. The molecule has 4 rings (SSSR count). The smallest absolute Gasteiger partial charge is 0.407 e. The van der Waals surface area contributed by atoms with E-state index in [-0.39, 0.29) is 29.6 Å². The number of nitrogens with one attached hydrogen (secondary N) is 1. The average Bonchev–Trinajstić information content (AvgIpc) is 3.21. The molecule has 0 aromatic carbocycles. The molecule has 2 aliphatic carbocycles. The van der Waals surface area contributed by atoms with Gasteiger partial charge in [-0.1, -0.05) is 44.8 Å². The van der Waals surface area contributed by atoms with Crippen LogP contribution in [0.3, 0.4) is 0 Å². The van der Waals surface area contributed by atoms with Crippen molar-refractivity contribution in [3.05, 3.63) is 35.8 Å². The largest absolute Gasteiger partial charge is 0.467 e. The van der Waals surface area contributed by atoms with Crippen LogP contribution in [-0.4, -0.2) is 25.3 Å². The van der Waals surface area contributed by atoms with E-state index < -0.39 is 0 Å². The molecule has 154 valence electrons. The monoisotopic (exact) mass is 387 g/mol. The number of hydrogen-bond donors (Lipinski definition) is 1. The number of fused-ring (bicyclic) bond motifs is 2. The third-order valence-electron chi connectivity index (χ3n) is 7.47. The molecule has 0 spiro atoms. The minimum Gasteiger partial charge on any atom is -0.467 e. The summed E-state index contributed by atoms with van der Waals surface area (Å²) in [7, 11) is 0. The molecule has 5 heteroatoms. The highest BCUT2D eigenvalue weighted by Crippen LogP contribution is 2.56. The van der Waals surface area contributed by atoms with Crippen molar-refractivity contribution in [3.63, 3.8) is 0 Å². The third-order valence-corrected chi connectivity index (χ3v) is 7.47. The van der Waals surface area contributed by atoms with Gasteiger partial charge in [0.05, 0.1) is 12.9 Å². The Morgan fingerprint density at radius 2 is 2.07 bits per heavy atom. The van der Waals surface area contributed by atoms with E-state index in [1.165, 1.54) is 24.8 Å². The summed E-state index contributed by atoms with van der Waals surface area (Å²) in [6.45, 7) is 7.63. The number of carbonyl (C=O) groups is 1. The topological polar surface area (TPSA) is 60.7 Å². The van der Waals surface area contributed by atoms with Crippen molar-refractivity contribution in [3.8, 4) is 0 Å². The standard InChI is InChI=1S/C23H33NO4/c1-15-12-16(2)23(14-28-22(25)24-18-8-5-4-6-9-18)13-27-21(20(15)17(23)3)19-10-7-11-26-19/h7,10-12,16-18,20-21H,4-6,8-9,13-14H2,1-3H3,(H,24,25)/t16-,17-,20-,21-,23-/m1/s1. The van der Waals surface area contributed by atoms with Gasteiger partial charge in [0.15, 0.2) is 0 Å². The molecule has 1 amide bonds. The Labute approximate surface area is 167 Å². The van der Waals surface area contributed by atoms with Crippen LogP contribution >= 0.6 is 0 Å². The molecule has 1 aliphatic heterocycles. The highest BCUT2D eigenvalue weighted by Gasteiger charge is 2.55. The maximum Gasteiger partial charge on any atom is 0.407 e. The number of rotatable bonds is 4. The van der Waals surface area contributed by atoms with E-state index >= 15 is 0 Å². The van der Waals surface area contributed by atoms with Gasteiger partial charge in [0.1, 0.15) is 18.5 Å². The van der Waals surface area contributed by atoms with Crippen LogP contribution in [0.2, 0.25) is 0 Å². The molecular weight excluding hydrogens is 354 g/mol. The Morgan fingerprint density at radius 1 is 1.29 bits per heavy atom. The minimum atomic E-state index is -0.281. The van der Waals surface area contributed by atoms with Crippen molar-refractivity contribution in [1.29, 1.82) is 0 Å². The van der Waals surface area contributed by atoms with Crippen LogP contribution in [0.5, 0.6) is 0 Å². The van der Waals surface area contributed by atoms with E-state index in [0.717, 1.165) is 18.6 Å². The lowest BCUT2D eigenvalue weighted by molar-refractivity contribution is -0.170. The molecule has 3 aliphatic rings. The Balaban J connectivity index is 1.46. The molecule has 2 fully saturated rings. The number of ether oxygens (including phenoxy) is 2. The number of amides is 1. The molecule has 2 bridgehead atoms. The molecule has 1 aromatic rings. The zero-order chi connectivity index (χ0) is 19.7. The molecular formula is C23H33NO4. The Hall–Kier alpha value is -1.75. The summed E-state index contributed by atoms with van der Waals surface area (Å²) in [6.07, 6.45) is 9.46. The molecule has 1 N–H and O–H groups in total. The first-order valence-electron chi connectivity index (χ1n) is 10.8. The normalized spacial score (nSPS) is 35.9. The van der Waals surface area contributed by atoms with Crippen molar-refractivity contribution >= 4 is 6.09 Å². The minimum absolute atomic E-state index is 0.0714. The number of alkyl carbamates (subject to hydrolysis) is 1. The molecule has 0 unspecified atom stereocenters. The predicted molar refractivity (Wildman–Crippen MR) is 107 cm³/mol. The van der Waals surface area contributed by atoms with Crippen LogP contribution in [0.15, 0.2) is 34.5 Å². The lowest BCUT2D eigenvalue weighted by Gasteiger charge is -2.54. The molecule has 28 heavy (non-hydrogen) atoms. The highest BCUT2D eigenvalue weighted by atomic mass is 16.6. The number of carbonyl (C=O) groups excluding carboxylic acids is 1. The summed E-state index contributed by atoms with van der Waals surface area (Å²) in [5, 5.41) is 3.07. The van der Waals surface area contributed by atoms with Gasteiger partial charge >= 0.3 is 6.09 Å². The Kier molecular flexibility index (Phi) is 5.55. The van der Waals surface area contributed by atoms with Gasteiger partial charge in [0.25, 0.3) is 0 Å². The average molecular weight is 388 g/mol. The quantitative estimate of drug-likeness (QED) is 0.717. The number of hydrogen-bond acceptors (Lipinski definition) is 4. The maximum atomic E-state index is 12.4. The highest BCUT2D eigenvalue weighted by molar-refractivity contribution is 5.67. The van der Waals surface area contributed by atoms with E-state index in [1.54, 1.807) is 6.26 Å². The molecule has 1 saturated carbocycles. The zero-order valence-corrected chi connectivity index (χ0v) is 17.3. The molecule has 1 saturated heterocycles. The number of allylic oxidation sites excluding steroid dienone is 1. The van der Waals surface area contributed by atoms with Gasteiger partial charge in [-0.05, 0) is 43.7 Å². The van der Waals surface area contributed by atoms with Gasteiger partial charge in [-0.15, -0.1) is 0 Å². The van der Waals surface area contributed by atoms with E-state index in [0.29, 0.717) is 25.0 Å². The van der Waals surface area contributed by atoms with Gasteiger partial charge in [0, 0.05) is 17.4 Å². The van der Waals surface area contributed by atoms with Crippen LogP contribution < -0.4 is 5.32 Å². The van der Waals surface area contributed by atoms with Crippen LogP contribution in [0.1, 0.15) is 64.7 Å². The van der Waals surface area contributed by atoms with Crippen molar-refractivity contribution in [1.82, 2.24) is 5.32 Å². The van der Waals surface area contributed by atoms with Crippen molar-refractivity contribution in [2.75, 3.05) is 13.2 Å². The summed E-state index contributed by atoms with van der Waals surface area (Å²) < 4.78 is 17.8. The first kappa shape index (κ1) is 19.6. The lowest BCUT2D eigenvalue weighted by Crippen LogP contribution is -2.55. The van der Waals surface area contributed by atoms with Crippen molar-refractivity contribution in [2.24, 2.45) is 23.2 Å². The lowest BCUT2D eigenvalue weighted by atomic mass is 9.56. The van der Waals surface area contributed by atoms with Crippen LogP contribution in [-0.2, 0) is 9.47 Å². The second-order valence-electron chi connectivity index (χ2n) is 9.05. The van der Waals surface area contributed by atoms with E-state index in [4.69, 9.17) is 13.9 Å². The molecule has 2 heterocycles. The van der Waals surface area contributed by atoms with E-state index in [1.807, 2.05) is 12.1 Å². The summed E-state index contributed by atoms with van der Waals surface area (Å²) in [6, 6.07) is 4.17. The van der Waals surface area contributed by atoms with Crippen LogP contribution in [0.4, 0.5) is 4.79 Å². The fraction of sp³-hybridized carbons (Fsp3) is 0.696. The first-order chi connectivity index (χ1) is 13.5. The second-order valence-corrected chi connectivity index (χ2v) is 9.05. The summed E-state index contributed by atoms with van der Waals surface area (Å²) in [5.41, 5.74) is 1.14. The van der Waals surface area contributed by atoms with Gasteiger partial charge in [-0.3, -0.25) is 0 Å². The van der Waals surface area contributed by atoms with Crippen molar-refractivity contribution in [2.45, 2.75) is 65.0 Å². The molecule has 1 aromatic heterocycles. The molecule has 5 nitrogen and oxygen atoms in total. The van der Waals surface area contributed by atoms with Crippen molar-refractivity contribution < 1.29 is 18.7 Å². The SMILES string of the molecule is CC1=C[C@@H](C)[C@]2(COC(=O)NC3CCCCC3)CO[C@H](c3ccco3)[C@H]1[C@H]2C. The van der Waals surface area contributed by atoms with E-state index in [2.05, 4.69) is 32.2 Å². The summed E-state index contributed by atoms with van der Waals surface area (Å²) >= 11 is 0. The molecule has 0 radical (unpaired) electrons. The van der Waals surface area contributed by atoms with Gasteiger partial charge in [-0.25, -0.2) is 4.79 Å². The number of furan rings is 1. The van der Waals surface area contributed by atoms with Crippen LogP contribution in [0, 0.1) is 23.2 Å². The van der Waals surface area contributed by atoms with Gasteiger partial charge < -0.3 is 19.2 Å². The second kappa shape index (κ2) is 7.94. The first-order valence-corrected chi connectivity index (χ1v) is 10.8. The maximum absolute atomic E-state index is 12.4. The Bertz CT molecular complexity index is 706. The fourth-order valence-electron chi connectivity index (χ4n) is 5.62. The predicted octanol–water partition coefficient (Wildman–Crippen LogP) is 5.24. The molecule has 5 atom stereocenters. The van der Waals surface area contributed by atoms with Gasteiger partial charge in [-0.2, -0.15) is 0 Å². The Morgan fingerprint density at radius 3 is 2.79 bits per heavy atom. The van der Waals surface area contributed by atoms with E-state index in [9.17, 15) is 4.79 Å². The van der Waals surface area contributed by atoms with Crippen LogP contribution in [0.25, 0.3) is 0 Å². The third kappa shape index (κ3) is 3.49. The van der Waals surface area contributed by atoms with Gasteiger partial charge in [0.2, 0.25) is 0 Å². The zero-order valence-electron chi connectivity index (χ0n) is 17.3. The summed E-state index contributed by atoms with van der Waals surface area (Å²) in [5.74, 6) is 1.74. The fourth-order valence-corrected chi connectivity index (χ4v) is 5.62.